The fourth-order valence-electron chi connectivity index (χ4n) is 2.97. The number of H-pyrrole nitrogens is 3. The van der Waals surface area contributed by atoms with Crippen LogP contribution in [0.5, 0.6) is 0 Å². The van der Waals surface area contributed by atoms with Crippen LogP contribution in [-0.4, -0.2) is 25.9 Å². The average Bonchev–Trinajstić information content (AvgIpc) is 3.03. The number of carbonyl (C=O) groups excluding carboxylic acids is 1. The fraction of sp³-hybridized carbons (Fsp3) is 0.214. The summed E-state index contributed by atoms with van der Waals surface area (Å²) in [6.45, 7) is 0. The summed E-state index contributed by atoms with van der Waals surface area (Å²) in [4.78, 5) is 20.3. The van der Waals surface area contributed by atoms with Crippen LogP contribution in [0.2, 0.25) is 0 Å². The van der Waals surface area contributed by atoms with Crippen molar-refractivity contribution in [2.24, 2.45) is 0 Å². The molecule has 1 unspecified atom stereocenters. The molecular weight excluding hydrogens is 272 g/mol. The first-order valence-electron chi connectivity index (χ1n) is 6.52. The minimum absolute atomic E-state index is 0.112. The number of aromatic nitrogens is 4. The zero-order valence-electron chi connectivity index (χ0n) is 10.6. The van der Waals surface area contributed by atoms with Gasteiger partial charge in [0.15, 0.2) is 5.78 Å². The molecule has 0 bridgehead atoms. The molecule has 100 valence electrons. The van der Waals surface area contributed by atoms with Gasteiger partial charge in [0.1, 0.15) is 5.82 Å². The summed E-state index contributed by atoms with van der Waals surface area (Å²) in [5, 5.41) is 6.66. The van der Waals surface area contributed by atoms with Crippen LogP contribution in [0, 0.1) is 4.77 Å². The standard InChI is InChI=1S/C14H12N4OS/c19-12-8(13-16-14(20)18-17-13)5-6-10-11(12)7-3-1-2-4-9(7)15-10/h1-4,8,15H,5-6H2,(H2,16,17,18,20). The number of para-hydroxylation sites is 1. The van der Waals surface area contributed by atoms with Crippen LogP contribution >= 0.6 is 12.2 Å². The second-order valence-electron chi connectivity index (χ2n) is 5.03. The van der Waals surface area contributed by atoms with E-state index in [1.165, 1.54) is 0 Å². The fourth-order valence-corrected chi connectivity index (χ4v) is 3.12. The van der Waals surface area contributed by atoms with Gasteiger partial charge >= 0.3 is 0 Å². The Morgan fingerprint density at radius 3 is 2.90 bits per heavy atom. The molecule has 4 rings (SSSR count). The Kier molecular flexibility index (Phi) is 2.40. The lowest BCUT2D eigenvalue weighted by atomic mass is 9.84. The van der Waals surface area contributed by atoms with Crippen LogP contribution in [0.3, 0.4) is 0 Å². The highest BCUT2D eigenvalue weighted by Crippen LogP contribution is 2.35. The van der Waals surface area contributed by atoms with Gasteiger partial charge < -0.3 is 4.98 Å². The van der Waals surface area contributed by atoms with Crippen molar-refractivity contribution in [1.29, 1.82) is 0 Å². The zero-order valence-corrected chi connectivity index (χ0v) is 11.4. The van der Waals surface area contributed by atoms with E-state index in [9.17, 15) is 4.79 Å². The van der Waals surface area contributed by atoms with E-state index in [0.29, 0.717) is 10.6 Å². The number of nitrogens with zero attached hydrogens (tertiary/aromatic N) is 1. The molecule has 1 aliphatic carbocycles. The van der Waals surface area contributed by atoms with Crippen molar-refractivity contribution < 1.29 is 4.79 Å². The molecule has 2 aromatic heterocycles. The van der Waals surface area contributed by atoms with Gasteiger partial charge in [-0.2, -0.15) is 0 Å². The number of nitrogens with one attached hydrogen (secondary N) is 3. The van der Waals surface area contributed by atoms with Gasteiger partial charge in [-0.1, -0.05) is 18.2 Å². The molecular formula is C14H12N4OS. The van der Waals surface area contributed by atoms with Crippen LogP contribution in [0.1, 0.15) is 34.2 Å². The predicted molar refractivity (Wildman–Crippen MR) is 77.5 cm³/mol. The normalized spacial score (nSPS) is 18.4. The molecule has 0 radical (unpaired) electrons. The maximum atomic E-state index is 12.8. The topological polar surface area (TPSA) is 77.3 Å². The lowest BCUT2D eigenvalue weighted by Crippen LogP contribution is -2.21. The Labute approximate surface area is 119 Å². The van der Waals surface area contributed by atoms with Crippen molar-refractivity contribution in [3.05, 3.63) is 46.1 Å². The molecule has 3 aromatic rings. The van der Waals surface area contributed by atoms with Crippen LogP contribution < -0.4 is 0 Å². The molecule has 2 heterocycles. The average molecular weight is 284 g/mol. The van der Waals surface area contributed by atoms with Gasteiger partial charge in [-0.15, -0.1) is 0 Å². The second-order valence-corrected chi connectivity index (χ2v) is 5.42. The van der Waals surface area contributed by atoms with Gasteiger partial charge in [-0.25, -0.2) is 4.98 Å². The van der Waals surface area contributed by atoms with E-state index in [0.717, 1.165) is 35.0 Å². The Hall–Kier alpha value is -2.21. The molecule has 0 saturated carbocycles. The number of benzene rings is 1. The Morgan fingerprint density at radius 2 is 2.10 bits per heavy atom. The molecule has 0 fully saturated rings. The van der Waals surface area contributed by atoms with Gasteiger partial charge in [-0.05, 0) is 31.1 Å². The summed E-state index contributed by atoms with van der Waals surface area (Å²) >= 11 is 4.96. The first-order chi connectivity index (χ1) is 9.74. The second kappa shape index (κ2) is 4.14. The van der Waals surface area contributed by atoms with E-state index in [2.05, 4.69) is 20.2 Å². The van der Waals surface area contributed by atoms with Gasteiger partial charge in [0, 0.05) is 22.2 Å². The van der Waals surface area contributed by atoms with Gasteiger partial charge in [-0.3, -0.25) is 15.0 Å². The van der Waals surface area contributed by atoms with Crippen LogP contribution in [-0.2, 0) is 6.42 Å². The molecule has 0 spiro atoms. The molecule has 5 nitrogen and oxygen atoms in total. The lowest BCUT2D eigenvalue weighted by molar-refractivity contribution is 0.0944. The van der Waals surface area contributed by atoms with Gasteiger partial charge in [0.05, 0.1) is 5.92 Å². The SMILES string of the molecule is O=C1c2c([nH]c3ccccc23)CCC1c1nc(=S)[nH][nH]1. The number of hydrogen-bond donors (Lipinski definition) is 3. The number of aromatic amines is 3. The first-order valence-corrected chi connectivity index (χ1v) is 6.93. The van der Waals surface area contributed by atoms with E-state index in [-0.39, 0.29) is 11.7 Å². The van der Waals surface area contributed by atoms with Crippen molar-refractivity contribution >= 4 is 28.9 Å². The summed E-state index contributed by atoms with van der Waals surface area (Å²) in [7, 11) is 0. The van der Waals surface area contributed by atoms with E-state index in [1.54, 1.807) is 0 Å². The molecule has 0 aliphatic heterocycles. The molecule has 0 saturated heterocycles. The van der Waals surface area contributed by atoms with Gasteiger partial charge in [0.2, 0.25) is 4.77 Å². The van der Waals surface area contributed by atoms with E-state index in [1.807, 2.05) is 24.3 Å². The number of carbonyl (C=O) groups is 1. The molecule has 3 N–H and O–H groups in total. The van der Waals surface area contributed by atoms with Crippen molar-refractivity contribution in [2.75, 3.05) is 0 Å². The summed E-state index contributed by atoms with van der Waals surface area (Å²) in [5.74, 6) is 0.507. The van der Waals surface area contributed by atoms with E-state index in [4.69, 9.17) is 12.2 Å². The smallest absolute Gasteiger partial charge is 0.213 e. The number of ketones is 1. The Bertz CT molecular complexity index is 873. The van der Waals surface area contributed by atoms with Crippen molar-refractivity contribution in [3.8, 4) is 0 Å². The van der Waals surface area contributed by atoms with Crippen LogP contribution in [0.15, 0.2) is 24.3 Å². The van der Waals surface area contributed by atoms with E-state index < -0.39 is 0 Å². The quantitative estimate of drug-likeness (QED) is 0.601. The number of Topliss-reactive ketones (excluding diaryl/α,β-unsaturated/α-hetero) is 1. The molecule has 1 aliphatic rings. The van der Waals surface area contributed by atoms with E-state index >= 15 is 0 Å². The Balaban J connectivity index is 1.87. The van der Waals surface area contributed by atoms with Gasteiger partial charge in [0.25, 0.3) is 0 Å². The third-order valence-corrected chi connectivity index (χ3v) is 4.07. The summed E-state index contributed by atoms with van der Waals surface area (Å²) in [6, 6.07) is 7.91. The largest absolute Gasteiger partial charge is 0.358 e. The number of aryl methyl sites for hydroxylation is 1. The molecule has 0 amide bonds. The highest BCUT2D eigenvalue weighted by molar-refractivity contribution is 7.71. The molecule has 1 atom stereocenters. The number of hydrogen-bond acceptors (Lipinski definition) is 3. The maximum absolute atomic E-state index is 12.8. The third-order valence-electron chi connectivity index (χ3n) is 3.88. The molecule has 6 heteroatoms. The minimum atomic E-state index is -0.241. The minimum Gasteiger partial charge on any atom is -0.358 e. The Morgan fingerprint density at radius 1 is 1.25 bits per heavy atom. The molecule has 20 heavy (non-hydrogen) atoms. The highest BCUT2D eigenvalue weighted by atomic mass is 32.1. The lowest BCUT2D eigenvalue weighted by Gasteiger charge is -2.18. The number of rotatable bonds is 1. The van der Waals surface area contributed by atoms with Crippen molar-refractivity contribution in [1.82, 2.24) is 20.2 Å². The summed E-state index contributed by atoms with van der Waals surface area (Å²) < 4.78 is 0.387. The predicted octanol–water partition coefficient (Wildman–Crippen LogP) is 2.86. The number of fused-ring (bicyclic) bond motifs is 3. The van der Waals surface area contributed by atoms with Crippen molar-refractivity contribution in [2.45, 2.75) is 18.8 Å². The first kappa shape index (κ1) is 11.6. The monoisotopic (exact) mass is 284 g/mol. The highest BCUT2D eigenvalue weighted by Gasteiger charge is 2.33. The summed E-state index contributed by atoms with van der Waals surface area (Å²) in [6.07, 6.45) is 1.59. The van der Waals surface area contributed by atoms with Crippen molar-refractivity contribution in [3.63, 3.8) is 0 Å². The molecule has 1 aromatic carbocycles. The summed E-state index contributed by atoms with van der Waals surface area (Å²) in [5.41, 5.74) is 2.85. The third kappa shape index (κ3) is 1.58. The van der Waals surface area contributed by atoms with Crippen LogP contribution in [0.4, 0.5) is 0 Å². The zero-order chi connectivity index (χ0) is 13.7. The maximum Gasteiger partial charge on any atom is 0.213 e. The van der Waals surface area contributed by atoms with Crippen LogP contribution in [0.25, 0.3) is 10.9 Å².